The Morgan fingerprint density at radius 3 is 2.72 bits per heavy atom. The minimum Gasteiger partial charge on any atom is -0.352 e. The molecule has 0 radical (unpaired) electrons. The lowest BCUT2D eigenvalue weighted by molar-refractivity contribution is 0.153. The van der Waals surface area contributed by atoms with Gasteiger partial charge in [-0.05, 0) is 36.3 Å². The van der Waals surface area contributed by atoms with Gasteiger partial charge in [-0.1, -0.05) is 13.8 Å². The summed E-state index contributed by atoms with van der Waals surface area (Å²) in [6.45, 7) is 5.38. The second-order valence-electron chi connectivity index (χ2n) is 5.08. The van der Waals surface area contributed by atoms with Crippen molar-refractivity contribution in [1.29, 1.82) is 0 Å². The van der Waals surface area contributed by atoms with E-state index in [1.807, 2.05) is 11.0 Å². The molecule has 0 aliphatic carbocycles. The summed E-state index contributed by atoms with van der Waals surface area (Å²) >= 11 is 0. The number of anilines is 1. The molecule has 0 amide bonds. The molecular weight excluding hydrogens is 229 g/mol. The first kappa shape index (κ1) is 12.8. The smallest absolute Gasteiger partial charge is 0.151 e. The van der Waals surface area contributed by atoms with Crippen LogP contribution in [0.2, 0.25) is 0 Å². The largest absolute Gasteiger partial charge is 0.352 e. The fourth-order valence-corrected chi connectivity index (χ4v) is 2.45. The third-order valence-corrected chi connectivity index (χ3v) is 3.57. The van der Waals surface area contributed by atoms with E-state index in [1.165, 1.54) is 0 Å². The second-order valence-corrected chi connectivity index (χ2v) is 5.08. The normalized spacial score (nSPS) is 24.1. The van der Waals surface area contributed by atoms with Gasteiger partial charge in [0, 0.05) is 6.54 Å². The monoisotopic (exact) mass is 247 g/mol. The van der Waals surface area contributed by atoms with Crippen LogP contribution < -0.4 is 4.90 Å². The highest BCUT2D eigenvalue weighted by Crippen LogP contribution is 2.29. The molecule has 3 nitrogen and oxygen atoms in total. The van der Waals surface area contributed by atoms with Crippen LogP contribution in [0.25, 0.3) is 0 Å². The summed E-state index contributed by atoms with van der Waals surface area (Å²) in [7, 11) is 0. The van der Waals surface area contributed by atoms with E-state index >= 15 is 0 Å². The highest BCUT2D eigenvalue weighted by atomic mass is 19.1. The van der Waals surface area contributed by atoms with E-state index in [4.69, 9.17) is 6.42 Å². The Hall–Kier alpha value is -1.63. The molecule has 18 heavy (non-hydrogen) atoms. The number of nitrogens with zero attached hydrogens (tertiary/aromatic N) is 3. The van der Waals surface area contributed by atoms with Crippen molar-refractivity contribution in [2.45, 2.75) is 26.4 Å². The van der Waals surface area contributed by atoms with E-state index in [-0.39, 0.29) is 5.92 Å². The SMILES string of the molecule is C#Cc1ccc(N2CCC(C(C)C)C(F)C2)nn1. The summed E-state index contributed by atoms with van der Waals surface area (Å²) in [5, 5.41) is 7.95. The van der Waals surface area contributed by atoms with Gasteiger partial charge in [-0.3, -0.25) is 0 Å². The van der Waals surface area contributed by atoms with E-state index < -0.39 is 6.17 Å². The number of terminal acetylenes is 1. The van der Waals surface area contributed by atoms with E-state index in [2.05, 4.69) is 30.0 Å². The summed E-state index contributed by atoms with van der Waals surface area (Å²) < 4.78 is 14.1. The minimum absolute atomic E-state index is 0.152. The van der Waals surface area contributed by atoms with Gasteiger partial charge < -0.3 is 4.90 Å². The average molecular weight is 247 g/mol. The van der Waals surface area contributed by atoms with Crippen LogP contribution in [0, 0.1) is 24.2 Å². The number of aromatic nitrogens is 2. The zero-order valence-corrected chi connectivity index (χ0v) is 10.8. The molecule has 2 unspecified atom stereocenters. The Labute approximate surface area is 107 Å². The fraction of sp³-hybridized carbons (Fsp3) is 0.571. The third-order valence-electron chi connectivity index (χ3n) is 3.57. The second kappa shape index (κ2) is 5.34. The Morgan fingerprint density at radius 1 is 1.44 bits per heavy atom. The minimum atomic E-state index is -0.798. The zero-order valence-electron chi connectivity index (χ0n) is 10.8. The van der Waals surface area contributed by atoms with Gasteiger partial charge in [-0.15, -0.1) is 16.6 Å². The lowest BCUT2D eigenvalue weighted by atomic mass is 9.85. The van der Waals surface area contributed by atoms with E-state index in [9.17, 15) is 4.39 Å². The molecule has 1 aliphatic heterocycles. The molecule has 4 heteroatoms. The predicted octanol–water partition coefficient (Wildman–Crippen LogP) is 2.28. The number of halogens is 1. The number of piperidine rings is 1. The molecule has 1 aliphatic rings. The lowest BCUT2D eigenvalue weighted by Crippen LogP contribution is -2.44. The van der Waals surface area contributed by atoms with Gasteiger partial charge in [0.15, 0.2) is 5.82 Å². The topological polar surface area (TPSA) is 29.0 Å². The molecule has 0 saturated carbocycles. The van der Waals surface area contributed by atoms with Crippen molar-refractivity contribution in [2.24, 2.45) is 11.8 Å². The number of hydrogen-bond donors (Lipinski definition) is 0. The molecule has 1 fully saturated rings. The van der Waals surface area contributed by atoms with Gasteiger partial charge in [0.25, 0.3) is 0 Å². The maximum Gasteiger partial charge on any atom is 0.151 e. The highest BCUT2D eigenvalue weighted by Gasteiger charge is 2.31. The molecular formula is C14H18FN3. The van der Waals surface area contributed by atoms with E-state index in [0.717, 1.165) is 13.0 Å². The molecule has 0 bridgehead atoms. The first-order valence-electron chi connectivity index (χ1n) is 6.31. The fourth-order valence-electron chi connectivity index (χ4n) is 2.45. The Balaban J connectivity index is 2.05. The van der Waals surface area contributed by atoms with Gasteiger partial charge in [-0.25, -0.2) is 4.39 Å². The Bertz CT molecular complexity index is 435. The van der Waals surface area contributed by atoms with Crippen molar-refractivity contribution in [3.05, 3.63) is 17.8 Å². The van der Waals surface area contributed by atoms with Gasteiger partial charge in [0.05, 0.1) is 6.54 Å². The first-order valence-corrected chi connectivity index (χ1v) is 6.31. The molecule has 2 atom stereocenters. The summed E-state index contributed by atoms with van der Waals surface area (Å²) in [6.07, 6.45) is 5.29. The van der Waals surface area contributed by atoms with Crippen LogP contribution in [-0.4, -0.2) is 29.5 Å². The van der Waals surface area contributed by atoms with Crippen molar-refractivity contribution in [3.8, 4) is 12.3 Å². The van der Waals surface area contributed by atoms with E-state index in [1.54, 1.807) is 6.07 Å². The third kappa shape index (κ3) is 2.61. The van der Waals surface area contributed by atoms with Crippen molar-refractivity contribution in [1.82, 2.24) is 10.2 Å². The molecule has 0 spiro atoms. The summed E-state index contributed by atoms with van der Waals surface area (Å²) in [4.78, 5) is 1.94. The molecule has 96 valence electrons. The zero-order chi connectivity index (χ0) is 13.1. The standard InChI is InChI=1S/C14H18FN3/c1-4-11-5-6-14(17-16-11)18-8-7-12(10(2)3)13(15)9-18/h1,5-6,10,12-13H,7-9H2,2-3H3. The maximum atomic E-state index is 14.1. The van der Waals surface area contributed by atoms with Crippen molar-refractivity contribution in [2.75, 3.05) is 18.0 Å². The number of hydrogen-bond acceptors (Lipinski definition) is 3. The summed E-state index contributed by atoms with van der Waals surface area (Å²) in [5.41, 5.74) is 0.507. The van der Waals surface area contributed by atoms with Gasteiger partial charge in [0.1, 0.15) is 11.9 Å². The summed E-state index contributed by atoms with van der Waals surface area (Å²) in [6, 6.07) is 3.55. The first-order chi connectivity index (χ1) is 8.61. The van der Waals surface area contributed by atoms with Gasteiger partial charge >= 0.3 is 0 Å². The predicted molar refractivity (Wildman–Crippen MR) is 70.0 cm³/mol. The average Bonchev–Trinajstić information content (AvgIpc) is 2.38. The van der Waals surface area contributed by atoms with Crippen LogP contribution in [0.15, 0.2) is 12.1 Å². The molecule has 2 rings (SSSR count). The van der Waals surface area contributed by atoms with Crippen molar-refractivity contribution >= 4 is 5.82 Å². The molecule has 1 saturated heterocycles. The van der Waals surface area contributed by atoms with Crippen LogP contribution in [0.3, 0.4) is 0 Å². The quantitative estimate of drug-likeness (QED) is 0.751. The van der Waals surface area contributed by atoms with Gasteiger partial charge in [0.2, 0.25) is 0 Å². The van der Waals surface area contributed by atoms with Crippen LogP contribution in [-0.2, 0) is 0 Å². The van der Waals surface area contributed by atoms with Crippen molar-refractivity contribution in [3.63, 3.8) is 0 Å². The van der Waals surface area contributed by atoms with Crippen LogP contribution >= 0.6 is 0 Å². The van der Waals surface area contributed by atoms with Crippen LogP contribution in [0.4, 0.5) is 10.2 Å². The molecule has 0 N–H and O–H groups in total. The lowest BCUT2D eigenvalue weighted by Gasteiger charge is -2.36. The van der Waals surface area contributed by atoms with Crippen molar-refractivity contribution < 1.29 is 4.39 Å². The molecule has 0 aromatic carbocycles. The van der Waals surface area contributed by atoms with Crippen LogP contribution in [0.1, 0.15) is 26.0 Å². The number of alkyl halides is 1. The van der Waals surface area contributed by atoms with E-state index in [0.29, 0.717) is 24.0 Å². The number of rotatable bonds is 2. The molecule has 1 aromatic heterocycles. The maximum absolute atomic E-state index is 14.1. The Kier molecular flexibility index (Phi) is 3.81. The van der Waals surface area contributed by atoms with Gasteiger partial charge in [-0.2, -0.15) is 0 Å². The molecule has 1 aromatic rings. The molecule has 2 heterocycles. The van der Waals surface area contributed by atoms with Crippen LogP contribution in [0.5, 0.6) is 0 Å². The summed E-state index contributed by atoms with van der Waals surface area (Å²) in [5.74, 6) is 3.67. The highest BCUT2D eigenvalue weighted by molar-refractivity contribution is 5.40. The Morgan fingerprint density at radius 2 is 2.22 bits per heavy atom.